The number of carbonyl (C=O) groups excluding carboxylic acids is 1. The molecule has 1 unspecified atom stereocenters. The smallest absolute Gasteiger partial charge is 0.326 e. The highest BCUT2D eigenvalue weighted by atomic mass is 32.2. The lowest BCUT2D eigenvalue weighted by atomic mass is 10.1. The van der Waals surface area contributed by atoms with Crippen LogP contribution in [0.3, 0.4) is 0 Å². The highest BCUT2D eigenvalue weighted by Crippen LogP contribution is 2.33. The van der Waals surface area contributed by atoms with Gasteiger partial charge in [0.1, 0.15) is 6.04 Å². The third-order valence-corrected chi connectivity index (χ3v) is 4.44. The Morgan fingerprint density at radius 1 is 1.32 bits per heavy atom. The molecule has 0 aliphatic heterocycles. The molecule has 1 rings (SSSR count). The first-order valence-corrected chi connectivity index (χ1v) is 8.96. The third-order valence-electron chi connectivity index (χ3n) is 3.16. The molecule has 0 saturated heterocycles. The van der Waals surface area contributed by atoms with E-state index in [1.807, 2.05) is 0 Å². The fraction of sp³-hybridized carbons (Fsp3) is 0.846. The zero-order valence-electron chi connectivity index (χ0n) is 12.9. The molecule has 3 N–H and O–H groups in total. The van der Waals surface area contributed by atoms with E-state index in [1.54, 1.807) is 13.8 Å². The van der Waals surface area contributed by atoms with E-state index < -0.39 is 34.5 Å². The second-order valence-electron chi connectivity index (χ2n) is 5.70. The van der Waals surface area contributed by atoms with Crippen LogP contribution in [-0.2, 0) is 24.3 Å². The van der Waals surface area contributed by atoms with Crippen molar-refractivity contribution < 1.29 is 27.9 Å². The lowest BCUT2D eigenvalue weighted by Crippen LogP contribution is -2.46. The third kappa shape index (κ3) is 8.30. The van der Waals surface area contributed by atoms with E-state index in [1.165, 1.54) is 0 Å². The van der Waals surface area contributed by atoms with Crippen LogP contribution in [0.2, 0.25) is 0 Å². The Bertz CT molecular complexity index is 487. The van der Waals surface area contributed by atoms with Gasteiger partial charge in [-0.2, -0.15) is 0 Å². The van der Waals surface area contributed by atoms with Crippen LogP contribution in [0.5, 0.6) is 0 Å². The number of nitrogens with one attached hydrogen (secondary N) is 2. The summed E-state index contributed by atoms with van der Waals surface area (Å²) < 4.78 is 30.5. The predicted molar refractivity (Wildman–Crippen MR) is 79.8 cm³/mol. The van der Waals surface area contributed by atoms with Crippen LogP contribution >= 0.6 is 0 Å². The Kier molecular flexibility index (Phi) is 7.24. The molecular formula is C13H24N2O6S. The van der Waals surface area contributed by atoms with Crippen molar-refractivity contribution in [2.45, 2.75) is 45.3 Å². The summed E-state index contributed by atoms with van der Waals surface area (Å²) in [6, 6.07) is -0.964. The van der Waals surface area contributed by atoms with E-state index in [0.717, 1.165) is 12.8 Å². The fourth-order valence-electron chi connectivity index (χ4n) is 1.79. The van der Waals surface area contributed by atoms with E-state index in [4.69, 9.17) is 9.84 Å². The maximum atomic E-state index is 11.7. The molecule has 0 heterocycles. The molecule has 22 heavy (non-hydrogen) atoms. The highest BCUT2D eigenvalue weighted by Gasteiger charge is 2.30. The maximum absolute atomic E-state index is 11.7. The van der Waals surface area contributed by atoms with Crippen molar-refractivity contribution in [3.05, 3.63) is 0 Å². The summed E-state index contributed by atoms with van der Waals surface area (Å²) in [4.78, 5) is 22.7. The quantitative estimate of drug-likeness (QED) is 0.476. The summed E-state index contributed by atoms with van der Waals surface area (Å²) >= 11 is 0. The van der Waals surface area contributed by atoms with Crippen molar-refractivity contribution in [3.8, 4) is 0 Å². The number of sulfonamides is 1. The molecule has 1 aliphatic carbocycles. The molecule has 0 aromatic carbocycles. The van der Waals surface area contributed by atoms with Crippen molar-refractivity contribution >= 4 is 21.9 Å². The average Bonchev–Trinajstić information content (AvgIpc) is 3.19. The molecule has 0 radical (unpaired) electrons. The number of carboxylic acids is 1. The Balaban J connectivity index is 2.32. The topological polar surface area (TPSA) is 122 Å². The lowest BCUT2D eigenvalue weighted by molar-refractivity contribution is -0.142. The van der Waals surface area contributed by atoms with Crippen LogP contribution in [0.1, 0.15) is 33.1 Å². The van der Waals surface area contributed by atoms with Crippen LogP contribution in [-0.4, -0.2) is 56.5 Å². The second-order valence-corrected chi connectivity index (χ2v) is 7.62. The van der Waals surface area contributed by atoms with Gasteiger partial charge in [-0.05, 0) is 26.2 Å². The van der Waals surface area contributed by atoms with E-state index in [-0.39, 0.29) is 18.5 Å². The summed E-state index contributed by atoms with van der Waals surface area (Å²) in [5.41, 5.74) is 0. The predicted octanol–water partition coefficient (Wildman–Crippen LogP) is -0.300. The number of aliphatic carboxylic acids is 1. The van der Waals surface area contributed by atoms with Gasteiger partial charge in [-0.15, -0.1) is 0 Å². The SMILES string of the molecule is CC(C)OCCS(=O)(=O)NCC(=O)NC(CC1CC1)C(=O)O. The summed E-state index contributed by atoms with van der Waals surface area (Å²) in [5.74, 6) is -1.66. The van der Waals surface area contributed by atoms with Gasteiger partial charge in [0.2, 0.25) is 15.9 Å². The van der Waals surface area contributed by atoms with E-state index in [2.05, 4.69) is 10.0 Å². The van der Waals surface area contributed by atoms with E-state index in [0.29, 0.717) is 12.3 Å². The van der Waals surface area contributed by atoms with Crippen LogP contribution < -0.4 is 10.0 Å². The van der Waals surface area contributed by atoms with E-state index >= 15 is 0 Å². The zero-order chi connectivity index (χ0) is 16.8. The fourth-order valence-corrected chi connectivity index (χ4v) is 2.61. The van der Waals surface area contributed by atoms with Gasteiger partial charge in [-0.3, -0.25) is 4.79 Å². The minimum absolute atomic E-state index is 0.0358. The normalized spacial score (nSPS) is 16.5. The van der Waals surface area contributed by atoms with Crippen molar-refractivity contribution in [3.63, 3.8) is 0 Å². The second kappa shape index (κ2) is 8.44. The standard InChI is InChI=1S/C13H24N2O6S/c1-9(2)21-5-6-22(19,20)14-8-12(16)15-11(13(17)18)7-10-3-4-10/h9-11,14H,3-8H2,1-2H3,(H,15,16)(H,17,18). The molecule has 0 aromatic heterocycles. The molecule has 9 heteroatoms. The van der Waals surface area contributed by atoms with Crippen molar-refractivity contribution in [2.24, 2.45) is 5.92 Å². The summed E-state index contributed by atoms with van der Waals surface area (Å²) in [5, 5.41) is 11.4. The molecule has 1 saturated carbocycles. The minimum Gasteiger partial charge on any atom is -0.480 e. The number of amides is 1. The lowest BCUT2D eigenvalue weighted by Gasteiger charge is -2.14. The van der Waals surface area contributed by atoms with Crippen molar-refractivity contribution in [1.29, 1.82) is 0 Å². The molecule has 0 spiro atoms. The average molecular weight is 336 g/mol. The van der Waals surface area contributed by atoms with Gasteiger partial charge < -0.3 is 15.2 Å². The number of carbonyl (C=O) groups is 2. The molecule has 1 atom stereocenters. The monoisotopic (exact) mass is 336 g/mol. The number of ether oxygens (including phenoxy) is 1. The van der Waals surface area contributed by atoms with Gasteiger partial charge in [0.05, 0.1) is 25.0 Å². The van der Waals surface area contributed by atoms with Crippen molar-refractivity contribution in [1.82, 2.24) is 10.0 Å². The number of rotatable bonds is 11. The number of hydrogen-bond donors (Lipinski definition) is 3. The summed E-state index contributed by atoms with van der Waals surface area (Å²) in [6.45, 7) is 3.14. The van der Waals surface area contributed by atoms with Crippen LogP contribution in [0, 0.1) is 5.92 Å². The van der Waals surface area contributed by atoms with Gasteiger partial charge in [0.25, 0.3) is 0 Å². The molecule has 8 nitrogen and oxygen atoms in total. The first kappa shape index (κ1) is 18.9. The van der Waals surface area contributed by atoms with Crippen LogP contribution in [0.15, 0.2) is 0 Å². The summed E-state index contributed by atoms with van der Waals surface area (Å²) in [7, 11) is -3.62. The molecule has 0 aromatic rings. The largest absolute Gasteiger partial charge is 0.480 e. The highest BCUT2D eigenvalue weighted by molar-refractivity contribution is 7.89. The van der Waals surface area contributed by atoms with Gasteiger partial charge in [0.15, 0.2) is 0 Å². The van der Waals surface area contributed by atoms with Gasteiger partial charge in [-0.25, -0.2) is 17.9 Å². The van der Waals surface area contributed by atoms with Crippen LogP contribution in [0.25, 0.3) is 0 Å². The Hall–Kier alpha value is -1.19. The van der Waals surface area contributed by atoms with Gasteiger partial charge in [-0.1, -0.05) is 12.8 Å². The molecule has 1 aliphatic rings. The molecule has 0 bridgehead atoms. The Morgan fingerprint density at radius 3 is 2.45 bits per heavy atom. The first-order valence-electron chi connectivity index (χ1n) is 7.30. The Morgan fingerprint density at radius 2 is 1.95 bits per heavy atom. The molecule has 1 fully saturated rings. The number of hydrogen-bond acceptors (Lipinski definition) is 5. The number of carboxylic acid groups (broad SMARTS) is 1. The molecular weight excluding hydrogens is 312 g/mol. The van der Waals surface area contributed by atoms with Gasteiger partial charge >= 0.3 is 5.97 Å². The van der Waals surface area contributed by atoms with Crippen LogP contribution in [0.4, 0.5) is 0 Å². The zero-order valence-corrected chi connectivity index (χ0v) is 13.7. The Labute approximate surface area is 130 Å². The summed E-state index contributed by atoms with van der Waals surface area (Å²) in [6.07, 6.45) is 2.26. The maximum Gasteiger partial charge on any atom is 0.326 e. The molecule has 128 valence electrons. The first-order chi connectivity index (χ1) is 10.2. The molecule has 1 amide bonds. The van der Waals surface area contributed by atoms with Crippen molar-refractivity contribution in [2.75, 3.05) is 18.9 Å². The van der Waals surface area contributed by atoms with E-state index in [9.17, 15) is 18.0 Å². The minimum atomic E-state index is -3.62. The van der Waals surface area contributed by atoms with Gasteiger partial charge in [0, 0.05) is 0 Å².